The Bertz CT molecular complexity index is 822. The molecule has 0 nitrogen and oxygen atoms in total. The van der Waals surface area contributed by atoms with Gasteiger partial charge in [-0.05, 0) is 72.2 Å². The normalized spacial score (nSPS) is 11.5. The van der Waals surface area contributed by atoms with Crippen LogP contribution in [0.2, 0.25) is 5.02 Å². The standard InChI is InChI=1S/C24H25ClS/c1-24(2,20-13-15-21(25)16-14-20)17-7-9-19-8-6-12-23(18-19)26-22-10-4-3-5-11-22/h3-6,8,10-16,18H,7,9,17H2,1-2H3. The Morgan fingerprint density at radius 2 is 1.50 bits per heavy atom. The molecule has 3 rings (SSSR count). The molecule has 0 spiro atoms. The number of hydrogen-bond donors (Lipinski definition) is 0. The first-order chi connectivity index (χ1) is 12.5. The molecule has 0 amide bonds. The van der Waals surface area contributed by atoms with Gasteiger partial charge in [0.2, 0.25) is 0 Å². The first-order valence-corrected chi connectivity index (χ1v) is 10.3. The van der Waals surface area contributed by atoms with Crippen molar-refractivity contribution in [3.8, 4) is 0 Å². The Balaban J connectivity index is 1.58. The van der Waals surface area contributed by atoms with E-state index in [0.717, 1.165) is 17.9 Å². The van der Waals surface area contributed by atoms with E-state index in [2.05, 4.69) is 80.6 Å². The lowest BCUT2D eigenvalue weighted by Gasteiger charge is -2.25. The van der Waals surface area contributed by atoms with Crippen LogP contribution in [0, 0.1) is 0 Å². The summed E-state index contributed by atoms with van der Waals surface area (Å²) in [6.45, 7) is 4.63. The van der Waals surface area contributed by atoms with E-state index in [0.29, 0.717) is 0 Å². The Morgan fingerprint density at radius 3 is 2.23 bits per heavy atom. The van der Waals surface area contributed by atoms with Crippen molar-refractivity contribution in [3.05, 3.63) is 95.0 Å². The van der Waals surface area contributed by atoms with Gasteiger partial charge in [-0.1, -0.05) is 79.7 Å². The van der Waals surface area contributed by atoms with Crippen LogP contribution in [0.4, 0.5) is 0 Å². The highest BCUT2D eigenvalue weighted by Crippen LogP contribution is 2.31. The van der Waals surface area contributed by atoms with Gasteiger partial charge in [0, 0.05) is 14.8 Å². The van der Waals surface area contributed by atoms with E-state index in [-0.39, 0.29) is 5.41 Å². The lowest BCUT2D eigenvalue weighted by molar-refractivity contribution is 0.461. The molecule has 0 saturated heterocycles. The van der Waals surface area contributed by atoms with Gasteiger partial charge in [-0.2, -0.15) is 0 Å². The van der Waals surface area contributed by atoms with E-state index in [1.54, 1.807) is 0 Å². The fourth-order valence-electron chi connectivity index (χ4n) is 3.17. The number of halogens is 1. The van der Waals surface area contributed by atoms with Gasteiger partial charge in [0.25, 0.3) is 0 Å². The summed E-state index contributed by atoms with van der Waals surface area (Å²) in [6.07, 6.45) is 3.44. The van der Waals surface area contributed by atoms with Crippen molar-refractivity contribution in [2.24, 2.45) is 0 Å². The van der Waals surface area contributed by atoms with Crippen LogP contribution in [0.5, 0.6) is 0 Å². The van der Waals surface area contributed by atoms with Gasteiger partial charge in [0.1, 0.15) is 0 Å². The Morgan fingerprint density at radius 1 is 0.808 bits per heavy atom. The van der Waals surface area contributed by atoms with Crippen molar-refractivity contribution in [2.45, 2.75) is 48.3 Å². The zero-order chi connectivity index (χ0) is 18.4. The van der Waals surface area contributed by atoms with E-state index in [4.69, 9.17) is 11.6 Å². The molecule has 3 aromatic rings. The van der Waals surface area contributed by atoms with Crippen LogP contribution >= 0.6 is 23.4 Å². The summed E-state index contributed by atoms with van der Waals surface area (Å²) in [6, 6.07) is 27.8. The van der Waals surface area contributed by atoms with Gasteiger partial charge in [0.05, 0.1) is 0 Å². The van der Waals surface area contributed by atoms with Crippen LogP contribution in [-0.2, 0) is 11.8 Å². The van der Waals surface area contributed by atoms with Crippen LogP contribution in [-0.4, -0.2) is 0 Å². The maximum atomic E-state index is 6.02. The van der Waals surface area contributed by atoms with Crippen molar-refractivity contribution in [1.82, 2.24) is 0 Å². The molecule has 0 unspecified atom stereocenters. The van der Waals surface area contributed by atoms with Gasteiger partial charge >= 0.3 is 0 Å². The molecule has 0 aliphatic carbocycles. The summed E-state index contributed by atoms with van der Waals surface area (Å²) in [7, 11) is 0. The Labute approximate surface area is 166 Å². The second-order valence-electron chi connectivity index (χ2n) is 7.31. The molecule has 0 saturated carbocycles. The van der Waals surface area contributed by atoms with Crippen LogP contribution in [0.25, 0.3) is 0 Å². The molecular formula is C24H25ClS. The quantitative estimate of drug-likeness (QED) is 0.403. The van der Waals surface area contributed by atoms with Gasteiger partial charge < -0.3 is 0 Å². The van der Waals surface area contributed by atoms with Crippen LogP contribution < -0.4 is 0 Å². The molecule has 2 heteroatoms. The second kappa shape index (κ2) is 8.79. The fraction of sp³-hybridized carbons (Fsp3) is 0.250. The number of aryl methyl sites for hydroxylation is 1. The predicted octanol–water partition coefficient (Wildman–Crippen LogP) is 7.79. The second-order valence-corrected chi connectivity index (χ2v) is 8.89. The minimum absolute atomic E-state index is 0.168. The van der Waals surface area contributed by atoms with Crippen LogP contribution in [0.15, 0.2) is 88.7 Å². The van der Waals surface area contributed by atoms with Gasteiger partial charge in [-0.3, -0.25) is 0 Å². The summed E-state index contributed by atoms with van der Waals surface area (Å²) < 4.78 is 0. The molecule has 0 aliphatic rings. The minimum Gasteiger partial charge on any atom is -0.0901 e. The van der Waals surface area contributed by atoms with Crippen molar-refractivity contribution >= 4 is 23.4 Å². The smallest absolute Gasteiger partial charge is 0.0406 e. The summed E-state index contributed by atoms with van der Waals surface area (Å²) >= 11 is 7.84. The van der Waals surface area contributed by atoms with E-state index < -0.39 is 0 Å². The molecule has 0 atom stereocenters. The number of rotatable bonds is 7. The fourth-order valence-corrected chi connectivity index (χ4v) is 4.22. The molecule has 3 aromatic carbocycles. The Hall–Kier alpha value is -1.70. The van der Waals surface area contributed by atoms with Crippen LogP contribution in [0.3, 0.4) is 0 Å². The number of benzene rings is 3. The summed E-state index contributed by atoms with van der Waals surface area (Å²) in [5.74, 6) is 0. The van der Waals surface area contributed by atoms with Crippen molar-refractivity contribution in [2.75, 3.05) is 0 Å². The highest BCUT2D eigenvalue weighted by atomic mass is 35.5. The third-order valence-electron chi connectivity index (χ3n) is 4.77. The Kier molecular flexibility index (Phi) is 6.45. The first-order valence-electron chi connectivity index (χ1n) is 9.11. The highest BCUT2D eigenvalue weighted by Gasteiger charge is 2.19. The van der Waals surface area contributed by atoms with E-state index in [1.165, 1.54) is 27.3 Å². The van der Waals surface area contributed by atoms with Gasteiger partial charge in [-0.15, -0.1) is 0 Å². The predicted molar refractivity (Wildman–Crippen MR) is 114 cm³/mol. The molecular weight excluding hydrogens is 356 g/mol. The molecule has 0 heterocycles. The van der Waals surface area contributed by atoms with E-state index in [9.17, 15) is 0 Å². The highest BCUT2D eigenvalue weighted by molar-refractivity contribution is 7.99. The van der Waals surface area contributed by atoms with E-state index in [1.807, 2.05) is 23.9 Å². The number of hydrogen-bond acceptors (Lipinski definition) is 1. The minimum atomic E-state index is 0.168. The molecule has 0 radical (unpaired) electrons. The zero-order valence-corrected chi connectivity index (χ0v) is 17.0. The third-order valence-corrected chi connectivity index (χ3v) is 6.02. The largest absolute Gasteiger partial charge is 0.0901 e. The topological polar surface area (TPSA) is 0 Å². The average Bonchev–Trinajstić information content (AvgIpc) is 2.63. The van der Waals surface area contributed by atoms with Crippen molar-refractivity contribution in [1.29, 1.82) is 0 Å². The summed E-state index contributed by atoms with van der Waals surface area (Å²) in [4.78, 5) is 2.60. The maximum Gasteiger partial charge on any atom is 0.0406 e. The lowest BCUT2D eigenvalue weighted by atomic mass is 9.80. The van der Waals surface area contributed by atoms with Gasteiger partial charge in [-0.25, -0.2) is 0 Å². The molecule has 0 fully saturated rings. The molecule has 0 aliphatic heterocycles. The zero-order valence-electron chi connectivity index (χ0n) is 15.4. The molecule has 134 valence electrons. The van der Waals surface area contributed by atoms with Crippen LogP contribution in [0.1, 0.15) is 37.8 Å². The molecule has 0 bridgehead atoms. The van der Waals surface area contributed by atoms with Crippen molar-refractivity contribution in [3.63, 3.8) is 0 Å². The molecule has 0 aromatic heterocycles. The molecule has 0 N–H and O–H groups in total. The van der Waals surface area contributed by atoms with Gasteiger partial charge in [0.15, 0.2) is 0 Å². The average molecular weight is 381 g/mol. The summed E-state index contributed by atoms with van der Waals surface area (Å²) in [5, 5.41) is 0.803. The third kappa shape index (κ3) is 5.40. The maximum absolute atomic E-state index is 6.02. The van der Waals surface area contributed by atoms with E-state index >= 15 is 0 Å². The molecule has 26 heavy (non-hydrogen) atoms. The first kappa shape index (κ1) is 19.1. The lowest BCUT2D eigenvalue weighted by Crippen LogP contribution is -2.17. The summed E-state index contributed by atoms with van der Waals surface area (Å²) in [5.41, 5.74) is 2.94. The monoisotopic (exact) mass is 380 g/mol. The SMILES string of the molecule is CC(C)(CCCc1cccc(Sc2ccccc2)c1)c1ccc(Cl)cc1. The van der Waals surface area contributed by atoms with Crippen molar-refractivity contribution < 1.29 is 0 Å².